The maximum atomic E-state index is 11.5. The molecule has 1 aromatic carbocycles. The number of hydrogen-bond acceptors (Lipinski definition) is 2. The van der Waals surface area contributed by atoms with E-state index in [0.717, 1.165) is 17.8 Å². The van der Waals surface area contributed by atoms with Crippen LogP contribution in [0.4, 0.5) is 5.69 Å². The van der Waals surface area contributed by atoms with Crippen LogP contribution >= 0.6 is 0 Å². The molecule has 0 radical (unpaired) electrons. The van der Waals surface area contributed by atoms with Gasteiger partial charge in [0.1, 0.15) is 0 Å². The van der Waals surface area contributed by atoms with Crippen LogP contribution in [0.3, 0.4) is 0 Å². The third-order valence-corrected chi connectivity index (χ3v) is 2.14. The Morgan fingerprint density at radius 1 is 1.46 bits per heavy atom. The Hall–Kier alpha value is -1.35. The van der Waals surface area contributed by atoms with E-state index >= 15 is 0 Å². The van der Waals surface area contributed by atoms with Gasteiger partial charge in [0.05, 0.1) is 12.1 Å². The molecule has 0 saturated carbocycles. The molecule has 1 amide bonds. The summed E-state index contributed by atoms with van der Waals surface area (Å²) in [4.78, 5) is 11.5. The van der Waals surface area contributed by atoms with Crippen LogP contribution in [0.5, 0.6) is 0 Å². The van der Waals surface area contributed by atoms with Crippen LogP contribution < -0.4 is 10.4 Å². The molecule has 0 aliphatic carbocycles. The van der Waals surface area contributed by atoms with Gasteiger partial charge in [0.2, 0.25) is 5.91 Å². The number of carbonyl (C=O) groups is 1. The van der Waals surface area contributed by atoms with E-state index < -0.39 is 0 Å². The van der Waals surface area contributed by atoms with Crippen molar-refractivity contribution in [2.24, 2.45) is 0 Å². The lowest BCUT2D eigenvalue weighted by Crippen LogP contribution is -2.40. The summed E-state index contributed by atoms with van der Waals surface area (Å²) >= 11 is 0. The molecular formula is C10H12N2O. The Bertz CT molecular complexity index is 335. The van der Waals surface area contributed by atoms with E-state index in [0.29, 0.717) is 6.42 Å². The van der Waals surface area contributed by atoms with Crippen LogP contribution in [0.25, 0.3) is 0 Å². The summed E-state index contributed by atoms with van der Waals surface area (Å²) in [7, 11) is 0. The fourth-order valence-electron chi connectivity index (χ4n) is 1.59. The number of amides is 1. The third-order valence-electron chi connectivity index (χ3n) is 2.14. The first-order chi connectivity index (χ1) is 6.33. The first-order valence-corrected chi connectivity index (χ1v) is 4.47. The molecule has 2 rings (SSSR count). The average molecular weight is 176 g/mol. The van der Waals surface area contributed by atoms with E-state index in [1.807, 2.05) is 31.2 Å². The normalized spacial score (nSPS) is 14.8. The minimum atomic E-state index is 0.128. The molecule has 1 aliphatic rings. The van der Waals surface area contributed by atoms with E-state index in [4.69, 9.17) is 0 Å². The van der Waals surface area contributed by atoms with Crippen molar-refractivity contribution in [2.75, 3.05) is 11.6 Å². The highest BCUT2D eigenvalue weighted by atomic mass is 16.2. The summed E-state index contributed by atoms with van der Waals surface area (Å²) in [5, 5.41) is 1.63. The number of hydrazine groups is 1. The van der Waals surface area contributed by atoms with Crippen LogP contribution in [-0.4, -0.2) is 12.5 Å². The van der Waals surface area contributed by atoms with Gasteiger partial charge in [-0.2, -0.15) is 0 Å². The van der Waals surface area contributed by atoms with Gasteiger partial charge in [-0.05, 0) is 11.6 Å². The van der Waals surface area contributed by atoms with E-state index in [1.54, 1.807) is 5.01 Å². The Labute approximate surface area is 77.3 Å². The zero-order valence-corrected chi connectivity index (χ0v) is 7.58. The lowest BCUT2D eigenvalue weighted by molar-refractivity contribution is -0.118. The molecule has 0 bridgehead atoms. The fraction of sp³-hybridized carbons (Fsp3) is 0.300. The first kappa shape index (κ1) is 8.26. The lowest BCUT2D eigenvalue weighted by atomic mass is 10.2. The highest BCUT2D eigenvalue weighted by molar-refractivity contribution is 6.00. The molecule has 1 aromatic rings. The second kappa shape index (κ2) is 3.18. The van der Waals surface area contributed by atoms with Gasteiger partial charge in [-0.1, -0.05) is 25.1 Å². The second-order valence-corrected chi connectivity index (χ2v) is 3.05. The monoisotopic (exact) mass is 176 g/mol. The topological polar surface area (TPSA) is 32.3 Å². The second-order valence-electron chi connectivity index (χ2n) is 3.05. The minimum absolute atomic E-state index is 0.128. The fourth-order valence-corrected chi connectivity index (χ4v) is 1.59. The van der Waals surface area contributed by atoms with E-state index in [2.05, 4.69) is 5.43 Å². The van der Waals surface area contributed by atoms with Crippen LogP contribution in [0.2, 0.25) is 0 Å². The van der Waals surface area contributed by atoms with Crippen LogP contribution in [0, 0.1) is 0 Å². The predicted molar refractivity (Wildman–Crippen MR) is 51.3 cm³/mol. The summed E-state index contributed by atoms with van der Waals surface area (Å²) in [5.41, 5.74) is 5.13. The highest BCUT2D eigenvalue weighted by Crippen LogP contribution is 2.26. The lowest BCUT2D eigenvalue weighted by Gasteiger charge is -2.16. The number of nitrogens with one attached hydrogen (secondary N) is 1. The van der Waals surface area contributed by atoms with Crippen molar-refractivity contribution in [1.82, 2.24) is 5.43 Å². The standard InChI is InChI=1S/C10H12N2O/c1-2-11-12-9-6-4-3-5-8(9)7-10(12)13/h3-6,11H,2,7H2,1H3. The summed E-state index contributed by atoms with van der Waals surface area (Å²) in [5.74, 6) is 0.128. The quantitative estimate of drug-likeness (QED) is 0.731. The molecule has 1 N–H and O–H groups in total. The van der Waals surface area contributed by atoms with Crippen LogP contribution in [0.15, 0.2) is 24.3 Å². The third kappa shape index (κ3) is 1.31. The Morgan fingerprint density at radius 2 is 2.23 bits per heavy atom. The van der Waals surface area contributed by atoms with Crippen molar-refractivity contribution in [1.29, 1.82) is 0 Å². The van der Waals surface area contributed by atoms with Crippen LogP contribution in [-0.2, 0) is 11.2 Å². The van der Waals surface area contributed by atoms with Gasteiger partial charge in [0, 0.05) is 6.54 Å². The number of hydrogen-bond donors (Lipinski definition) is 1. The molecule has 1 aliphatic heterocycles. The largest absolute Gasteiger partial charge is 0.273 e. The number of carbonyl (C=O) groups excluding carboxylic acids is 1. The Balaban J connectivity index is 2.35. The van der Waals surface area contributed by atoms with Gasteiger partial charge in [0.15, 0.2) is 0 Å². The van der Waals surface area contributed by atoms with Gasteiger partial charge >= 0.3 is 0 Å². The van der Waals surface area contributed by atoms with Gasteiger partial charge < -0.3 is 0 Å². The Kier molecular flexibility index (Phi) is 2.02. The first-order valence-electron chi connectivity index (χ1n) is 4.47. The molecule has 0 saturated heterocycles. The van der Waals surface area contributed by atoms with Crippen molar-refractivity contribution >= 4 is 11.6 Å². The van der Waals surface area contributed by atoms with Gasteiger partial charge in [-0.25, -0.2) is 10.4 Å². The predicted octanol–water partition coefficient (Wildman–Crippen LogP) is 1.10. The smallest absolute Gasteiger partial charge is 0.245 e. The number of para-hydroxylation sites is 1. The molecule has 13 heavy (non-hydrogen) atoms. The molecule has 0 spiro atoms. The van der Waals surface area contributed by atoms with Gasteiger partial charge in [0.25, 0.3) is 0 Å². The molecule has 68 valence electrons. The summed E-state index contributed by atoms with van der Waals surface area (Å²) in [6, 6.07) is 7.86. The van der Waals surface area contributed by atoms with Crippen molar-refractivity contribution in [3.8, 4) is 0 Å². The number of benzene rings is 1. The van der Waals surface area contributed by atoms with Crippen molar-refractivity contribution < 1.29 is 4.79 Å². The zero-order valence-electron chi connectivity index (χ0n) is 7.58. The van der Waals surface area contributed by atoms with E-state index in [1.165, 1.54) is 0 Å². The van der Waals surface area contributed by atoms with E-state index in [9.17, 15) is 4.79 Å². The molecule has 3 nitrogen and oxygen atoms in total. The average Bonchev–Trinajstić information content (AvgIpc) is 2.44. The summed E-state index contributed by atoms with van der Waals surface area (Å²) < 4.78 is 0. The molecule has 0 fully saturated rings. The number of rotatable bonds is 2. The van der Waals surface area contributed by atoms with Gasteiger partial charge in [-0.15, -0.1) is 0 Å². The minimum Gasteiger partial charge on any atom is -0.273 e. The maximum Gasteiger partial charge on any atom is 0.245 e. The van der Waals surface area contributed by atoms with Crippen LogP contribution in [0.1, 0.15) is 12.5 Å². The molecular weight excluding hydrogens is 164 g/mol. The van der Waals surface area contributed by atoms with Gasteiger partial charge in [-0.3, -0.25) is 4.79 Å². The molecule has 1 heterocycles. The van der Waals surface area contributed by atoms with Crippen molar-refractivity contribution in [3.63, 3.8) is 0 Å². The molecule has 0 atom stereocenters. The zero-order chi connectivity index (χ0) is 9.26. The van der Waals surface area contributed by atoms with E-state index in [-0.39, 0.29) is 5.91 Å². The highest BCUT2D eigenvalue weighted by Gasteiger charge is 2.25. The molecule has 0 aromatic heterocycles. The maximum absolute atomic E-state index is 11.5. The molecule has 3 heteroatoms. The van der Waals surface area contributed by atoms with Crippen molar-refractivity contribution in [2.45, 2.75) is 13.3 Å². The number of anilines is 1. The molecule has 0 unspecified atom stereocenters. The Morgan fingerprint density at radius 3 is 3.00 bits per heavy atom. The number of nitrogens with zero attached hydrogens (tertiary/aromatic N) is 1. The summed E-state index contributed by atoms with van der Waals surface area (Å²) in [6.07, 6.45) is 0.517. The summed E-state index contributed by atoms with van der Waals surface area (Å²) in [6.45, 7) is 2.74. The van der Waals surface area contributed by atoms with Crippen molar-refractivity contribution in [3.05, 3.63) is 29.8 Å². The SMILES string of the molecule is CCNN1C(=O)Cc2ccccc21. The number of fused-ring (bicyclic) bond motifs is 1.